The first kappa shape index (κ1) is 22.7. The van der Waals surface area contributed by atoms with E-state index in [0.29, 0.717) is 0 Å². The van der Waals surface area contributed by atoms with Crippen LogP contribution in [0.2, 0.25) is 0 Å². The van der Waals surface area contributed by atoms with Crippen LogP contribution in [0.15, 0.2) is 24.3 Å². The summed E-state index contributed by atoms with van der Waals surface area (Å²) in [7, 11) is 1.80. The van der Waals surface area contributed by atoms with Gasteiger partial charge in [-0.15, -0.1) is 0 Å². The van der Waals surface area contributed by atoms with E-state index in [0.717, 1.165) is 5.69 Å². The van der Waals surface area contributed by atoms with Gasteiger partial charge in [0.15, 0.2) is 5.92 Å². The number of carbonyl (C=O) groups is 2. The van der Waals surface area contributed by atoms with Gasteiger partial charge in [0.1, 0.15) is 5.82 Å². The van der Waals surface area contributed by atoms with Gasteiger partial charge in [0.25, 0.3) is 0 Å². The van der Waals surface area contributed by atoms with E-state index in [1.807, 2.05) is 0 Å². The predicted octanol–water partition coefficient (Wildman–Crippen LogP) is 3.55. The molecule has 0 aliphatic carbocycles. The fraction of sp³-hybridized carbons (Fsp3) is 0.500. The third-order valence-electron chi connectivity index (χ3n) is 2.71. The highest BCUT2D eigenvalue weighted by molar-refractivity contribution is 5.94. The highest BCUT2D eigenvalue weighted by atomic mass is 19.4. The summed E-state index contributed by atoms with van der Waals surface area (Å²) < 4.78 is 57.2. The maximum atomic E-state index is 12.2. The fourth-order valence-corrected chi connectivity index (χ4v) is 1.60. The molecule has 1 rings (SSSR count). The highest BCUT2D eigenvalue weighted by Crippen LogP contribution is 2.26. The first-order valence-electron chi connectivity index (χ1n) is 7.47. The zero-order chi connectivity index (χ0) is 19.5. The van der Waals surface area contributed by atoms with Gasteiger partial charge in [-0.05, 0) is 38.1 Å². The number of nitrogens with one attached hydrogen (secondary N) is 1. The lowest BCUT2D eigenvalue weighted by Gasteiger charge is -2.15. The van der Waals surface area contributed by atoms with Gasteiger partial charge in [0.2, 0.25) is 0 Å². The van der Waals surface area contributed by atoms with Crippen molar-refractivity contribution >= 4 is 17.6 Å². The standard InChI is InChI=1S/C9H13F3O4.C7H8FN/c1-3-15-7(13)6(5-9(10,11)12)8(14)16-4-2;1-9-7-4-2-6(8)3-5-7/h6H,3-5H2,1-2H3;2-5,9H,1H3. The fourth-order valence-electron chi connectivity index (χ4n) is 1.60. The van der Waals surface area contributed by atoms with E-state index in [-0.39, 0.29) is 19.0 Å². The third kappa shape index (κ3) is 10.2. The number of halogens is 4. The van der Waals surface area contributed by atoms with Crippen LogP contribution in [0.5, 0.6) is 0 Å². The molecule has 0 bridgehead atoms. The van der Waals surface area contributed by atoms with Gasteiger partial charge in [0.05, 0.1) is 19.6 Å². The van der Waals surface area contributed by atoms with Crippen LogP contribution >= 0.6 is 0 Å². The van der Waals surface area contributed by atoms with Gasteiger partial charge in [-0.25, -0.2) is 4.39 Å². The van der Waals surface area contributed by atoms with Crippen LogP contribution in [0, 0.1) is 11.7 Å². The molecular formula is C16H21F4NO4. The summed E-state index contributed by atoms with van der Waals surface area (Å²) in [5.41, 5.74) is 0.927. The Morgan fingerprint density at radius 1 is 1.04 bits per heavy atom. The predicted molar refractivity (Wildman–Crippen MR) is 83.4 cm³/mol. The van der Waals surface area contributed by atoms with Crippen LogP contribution in [0.25, 0.3) is 0 Å². The molecule has 0 spiro atoms. The topological polar surface area (TPSA) is 64.6 Å². The number of alkyl halides is 3. The molecule has 0 saturated heterocycles. The number of hydrogen-bond donors (Lipinski definition) is 1. The molecule has 0 atom stereocenters. The Morgan fingerprint density at radius 2 is 1.48 bits per heavy atom. The van der Waals surface area contributed by atoms with Crippen LogP contribution in [-0.2, 0) is 19.1 Å². The summed E-state index contributed by atoms with van der Waals surface area (Å²) in [4.78, 5) is 22.2. The maximum absolute atomic E-state index is 12.2. The molecule has 0 heterocycles. The van der Waals surface area contributed by atoms with Gasteiger partial charge >= 0.3 is 18.1 Å². The van der Waals surface area contributed by atoms with E-state index in [1.165, 1.54) is 26.0 Å². The molecule has 0 aliphatic heterocycles. The molecular weight excluding hydrogens is 346 g/mol. The van der Waals surface area contributed by atoms with Crippen molar-refractivity contribution in [3.63, 3.8) is 0 Å². The lowest BCUT2D eigenvalue weighted by Crippen LogP contribution is -2.32. The second-order valence-electron chi connectivity index (χ2n) is 4.63. The van der Waals surface area contributed by atoms with E-state index < -0.39 is 30.5 Å². The number of hydrogen-bond acceptors (Lipinski definition) is 5. The van der Waals surface area contributed by atoms with Crippen LogP contribution < -0.4 is 5.32 Å². The van der Waals surface area contributed by atoms with Crippen LogP contribution in [-0.4, -0.2) is 38.4 Å². The van der Waals surface area contributed by atoms with Crippen LogP contribution in [0.3, 0.4) is 0 Å². The first-order valence-corrected chi connectivity index (χ1v) is 7.47. The van der Waals surface area contributed by atoms with Gasteiger partial charge in [-0.1, -0.05) is 0 Å². The zero-order valence-electron chi connectivity index (χ0n) is 14.2. The molecule has 0 radical (unpaired) electrons. The molecule has 0 amide bonds. The summed E-state index contributed by atoms with van der Waals surface area (Å²) >= 11 is 0. The average molecular weight is 367 g/mol. The Labute approximate surface area is 143 Å². The number of anilines is 1. The molecule has 0 aliphatic rings. The SMILES string of the molecule is CCOC(=O)C(CC(F)(F)F)C(=O)OCC.CNc1ccc(F)cc1. The zero-order valence-corrected chi connectivity index (χ0v) is 14.2. The second-order valence-corrected chi connectivity index (χ2v) is 4.63. The molecule has 0 aromatic heterocycles. The normalized spacial score (nSPS) is 10.6. The summed E-state index contributed by atoms with van der Waals surface area (Å²) in [6.07, 6.45) is -6.19. The first-order chi connectivity index (χ1) is 11.6. The Balaban J connectivity index is 0.000000535. The highest BCUT2D eigenvalue weighted by Gasteiger charge is 2.41. The lowest BCUT2D eigenvalue weighted by atomic mass is 10.1. The molecule has 9 heteroatoms. The molecule has 1 aromatic rings. The number of rotatable bonds is 6. The molecule has 5 nitrogen and oxygen atoms in total. The second kappa shape index (κ2) is 11.3. The van der Waals surface area contributed by atoms with Gasteiger partial charge < -0.3 is 14.8 Å². The smallest absolute Gasteiger partial charge is 0.390 e. The number of carbonyl (C=O) groups excluding carboxylic acids is 2. The van der Waals surface area contributed by atoms with Gasteiger partial charge in [0, 0.05) is 12.7 Å². The lowest BCUT2D eigenvalue weighted by molar-refractivity contribution is -0.180. The van der Waals surface area contributed by atoms with E-state index in [2.05, 4.69) is 14.8 Å². The number of ether oxygens (including phenoxy) is 2. The quantitative estimate of drug-likeness (QED) is 0.473. The largest absolute Gasteiger partial charge is 0.465 e. The Morgan fingerprint density at radius 3 is 1.80 bits per heavy atom. The monoisotopic (exact) mass is 367 g/mol. The Bertz CT molecular complexity index is 514. The van der Waals surface area contributed by atoms with Crippen LogP contribution in [0.1, 0.15) is 20.3 Å². The van der Waals surface area contributed by atoms with Crippen LogP contribution in [0.4, 0.5) is 23.2 Å². The molecule has 0 unspecified atom stereocenters. The minimum atomic E-state index is -4.62. The molecule has 1 N–H and O–H groups in total. The van der Waals surface area contributed by atoms with Crippen molar-refractivity contribution in [2.75, 3.05) is 25.6 Å². The number of esters is 2. The van der Waals surface area contributed by atoms with Gasteiger partial charge in [-0.2, -0.15) is 13.2 Å². The van der Waals surface area contributed by atoms with E-state index >= 15 is 0 Å². The van der Waals surface area contributed by atoms with E-state index in [9.17, 15) is 27.2 Å². The minimum Gasteiger partial charge on any atom is -0.465 e. The van der Waals surface area contributed by atoms with Crippen molar-refractivity contribution in [1.29, 1.82) is 0 Å². The van der Waals surface area contributed by atoms with Crippen molar-refractivity contribution in [3.8, 4) is 0 Å². The van der Waals surface area contributed by atoms with E-state index in [4.69, 9.17) is 0 Å². The summed E-state index contributed by atoms with van der Waals surface area (Å²) in [5, 5.41) is 2.89. The van der Waals surface area contributed by atoms with Gasteiger partial charge in [-0.3, -0.25) is 9.59 Å². The molecule has 142 valence electrons. The summed E-state index contributed by atoms with van der Waals surface area (Å²) in [6, 6.07) is 6.22. The Hall–Kier alpha value is -2.32. The number of benzene rings is 1. The van der Waals surface area contributed by atoms with E-state index in [1.54, 1.807) is 19.2 Å². The molecule has 1 aromatic carbocycles. The molecule has 0 saturated carbocycles. The summed E-state index contributed by atoms with van der Waals surface area (Å²) in [5.74, 6) is -4.55. The van der Waals surface area contributed by atoms with Crippen molar-refractivity contribution in [2.24, 2.45) is 5.92 Å². The molecule has 25 heavy (non-hydrogen) atoms. The average Bonchev–Trinajstić information content (AvgIpc) is 2.53. The van der Waals surface area contributed by atoms with Crippen molar-refractivity contribution < 1.29 is 36.6 Å². The molecule has 0 fully saturated rings. The van der Waals surface area contributed by atoms with Crippen molar-refractivity contribution in [2.45, 2.75) is 26.4 Å². The summed E-state index contributed by atoms with van der Waals surface area (Å²) in [6.45, 7) is 2.70. The van der Waals surface area contributed by atoms with Crippen molar-refractivity contribution in [3.05, 3.63) is 30.1 Å². The maximum Gasteiger partial charge on any atom is 0.390 e. The van der Waals surface area contributed by atoms with Crippen molar-refractivity contribution in [1.82, 2.24) is 0 Å². The third-order valence-corrected chi connectivity index (χ3v) is 2.71. The Kier molecular flexibility index (Phi) is 10.2. The minimum absolute atomic E-state index is 0.0907.